The number of amides is 1. The Morgan fingerprint density at radius 2 is 2.11 bits per heavy atom. The Hall–Kier alpha value is -0.620. The molecule has 0 aromatic rings. The molecule has 1 saturated heterocycles. The molecule has 5 nitrogen and oxygen atoms in total. The molecule has 1 fully saturated rings. The van der Waals surface area contributed by atoms with E-state index in [1.165, 1.54) is 0 Å². The Morgan fingerprint density at radius 1 is 1.39 bits per heavy atom. The fraction of sp³-hybridized carbons (Fsp3) is 0.917. The summed E-state index contributed by atoms with van der Waals surface area (Å²) in [6.07, 6.45) is 2.69. The molecular weight excluding hydrogens is 252 g/mol. The second kappa shape index (κ2) is 7.09. The van der Waals surface area contributed by atoms with Crippen molar-refractivity contribution in [3.63, 3.8) is 0 Å². The van der Waals surface area contributed by atoms with E-state index in [0.717, 1.165) is 12.8 Å². The summed E-state index contributed by atoms with van der Waals surface area (Å²) in [4.78, 5) is 13.7. The van der Waals surface area contributed by atoms with Crippen molar-refractivity contribution in [2.24, 2.45) is 0 Å². The van der Waals surface area contributed by atoms with E-state index < -0.39 is 9.84 Å². The standard InChI is InChI=1S/C12H24N2O3S/c1-3-5-7-13-12(15)9-14(4-2)11-6-8-18(16,17)10-11/h11H,3-10H2,1-2H3,(H,13,15). The van der Waals surface area contributed by atoms with Crippen molar-refractivity contribution in [3.8, 4) is 0 Å². The summed E-state index contributed by atoms with van der Waals surface area (Å²) in [6.45, 7) is 5.76. The molecular formula is C12H24N2O3S. The van der Waals surface area contributed by atoms with Crippen LogP contribution in [0, 0.1) is 0 Å². The Balaban J connectivity index is 2.40. The van der Waals surface area contributed by atoms with Gasteiger partial charge in [-0.3, -0.25) is 9.69 Å². The van der Waals surface area contributed by atoms with Crippen LogP contribution >= 0.6 is 0 Å². The molecule has 1 aliphatic heterocycles. The van der Waals surface area contributed by atoms with Gasteiger partial charge >= 0.3 is 0 Å². The highest BCUT2D eigenvalue weighted by Crippen LogP contribution is 2.17. The van der Waals surface area contributed by atoms with Crippen LogP contribution in [0.3, 0.4) is 0 Å². The molecule has 1 heterocycles. The topological polar surface area (TPSA) is 66.5 Å². The second-order valence-electron chi connectivity index (χ2n) is 4.82. The first-order valence-electron chi connectivity index (χ1n) is 6.69. The molecule has 1 unspecified atom stereocenters. The molecule has 1 rings (SSSR count). The van der Waals surface area contributed by atoms with Gasteiger partial charge in [0.05, 0.1) is 18.1 Å². The van der Waals surface area contributed by atoms with Crippen LogP contribution in [-0.4, -0.2) is 56.4 Å². The van der Waals surface area contributed by atoms with E-state index >= 15 is 0 Å². The molecule has 0 spiro atoms. The first-order chi connectivity index (χ1) is 8.48. The van der Waals surface area contributed by atoms with Crippen molar-refractivity contribution in [2.75, 3.05) is 31.1 Å². The lowest BCUT2D eigenvalue weighted by Gasteiger charge is -2.25. The largest absolute Gasteiger partial charge is 0.355 e. The molecule has 0 aromatic heterocycles. The monoisotopic (exact) mass is 276 g/mol. The van der Waals surface area contributed by atoms with Gasteiger partial charge in [-0.1, -0.05) is 20.3 Å². The fourth-order valence-electron chi connectivity index (χ4n) is 2.21. The van der Waals surface area contributed by atoms with E-state index in [2.05, 4.69) is 12.2 Å². The summed E-state index contributed by atoms with van der Waals surface area (Å²) < 4.78 is 22.9. The van der Waals surface area contributed by atoms with Crippen molar-refractivity contribution in [1.82, 2.24) is 10.2 Å². The third-order valence-electron chi connectivity index (χ3n) is 3.33. The SMILES string of the molecule is CCCCNC(=O)CN(CC)C1CCS(=O)(=O)C1. The van der Waals surface area contributed by atoms with E-state index in [1.807, 2.05) is 11.8 Å². The zero-order valence-electron chi connectivity index (χ0n) is 11.3. The van der Waals surface area contributed by atoms with E-state index in [-0.39, 0.29) is 23.5 Å². The lowest BCUT2D eigenvalue weighted by molar-refractivity contribution is -0.122. The van der Waals surface area contributed by atoms with Crippen molar-refractivity contribution in [1.29, 1.82) is 0 Å². The highest BCUT2D eigenvalue weighted by atomic mass is 32.2. The number of carbonyl (C=O) groups excluding carboxylic acids is 1. The molecule has 18 heavy (non-hydrogen) atoms. The lowest BCUT2D eigenvalue weighted by atomic mass is 10.2. The predicted molar refractivity (Wildman–Crippen MR) is 72.2 cm³/mol. The van der Waals surface area contributed by atoms with Crippen LogP contribution in [0.5, 0.6) is 0 Å². The highest BCUT2D eigenvalue weighted by Gasteiger charge is 2.32. The zero-order chi connectivity index (χ0) is 13.6. The van der Waals surface area contributed by atoms with Crippen LogP contribution < -0.4 is 5.32 Å². The Kier molecular flexibility index (Phi) is 6.08. The summed E-state index contributed by atoms with van der Waals surface area (Å²) in [5, 5.41) is 2.86. The maximum atomic E-state index is 11.7. The van der Waals surface area contributed by atoms with Gasteiger partial charge in [-0.05, 0) is 19.4 Å². The summed E-state index contributed by atoms with van der Waals surface area (Å²) in [5.41, 5.74) is 0. The molecule has 106 valence electrons. The first kappa shape index (κ1) is 15.4. The number of unbranched alkanes of at least 4 members (excludes halogenated alkanes) is 1. The van der Waals surface area contributed by atoms with Crippen LogP contribution in [0.25, 0.3) is 0 Å². The van der Waals surface area contributed by atoms with Crippen molar-refractivity contribution < 1.29 is 13.2 Å². The Morgan fingerprint density at radius 3 is 2.61 bits per heavy atom. The average molecular weight is 276 g/mol. The van der Waals surface area contributed by atoms with Gasteiger partial charge in [-0.15, -0.1) is 0 Å². The Labute approximate surface area is 110 Å². The minimum atomic E-state index is -2.88. The van der Waals surface area contributed by atoms with E-state index in [9.17, 15) is 13.2 Å². The molecule has 0 aliphatic carbocycles. The minimum absolute atomic E-state index is 0.00500. The number of rotatable bonds is 7. The van der Waals surface area contributed by atoms with Gasteiger partial charge in [0.25, 0.3) is 0 Å². The smallest absolute Gasteiger partial charge is 0.234 e. The van der Waals surface area contributed by atoms with Gasteiger partial charge in [0.15, 0.2) is 9.84 Å². The quantitative estimate of drug-likeness (QED) is 0.684. The summed E-state index contributed by atoms with van der Waals surface area (Å²) in [7, 11) is -2.88. The van der Waals surface area contributed by atoms with Gasteiger partial charge in [-0.2, -0.15) is 0 Å². The van der Waals surface area contributed by atoms with Gasteiger partial charge in [-0.25, -0.2) is 8.42 Å². The normalized spacial score (nSPS) is 22.3. The maximum Gasteiger partial charge on any atom is 0.234 e. The predicted octanol–water partition coefficient (Wildman–Crippen LogP) is 0.412. The van der Waals surface area contributed by atoms with Gasteiger partial charge in [0, 0.05) is 12.6 Å². The van der Waals surface area contributed by atoms with Gasteiger partial charge in [0.1, 0.15) is 0 Å². The van der Waals surface area contributed by atoms with E-state index in [0.29, 0.717) is 26.1 Å². The van der Waals surface area contributed by atoms with Crippen LogP contribution in [0.1, 0.15) is 33.1 Å². The van der Waals surface area contributed by atoms with Crippen LogP contribution in [0.4, 0.5) is 0 Å². The average Bonchev–Trinajstić information content (AvgIpc) is 2.67. The summed E-state index contributed by atoms with van der Waals surface area (Å²) in [5.74, 6) is 0.448. The minimum Gasteiger partial charge on any atom is -0.355 e. The van der Waals surface area contributed by atoms with Crippen molar-refractivity contribution in [2.45, 2.75) is 39.2 Å². The number of hydrogen-bond acceptors (Lipinski definition) is 4. The lowest BCUT2D eigenvalue weighted by Crippen LogP contribution is -2.43. The molecule has 0 saturated carbocycles. The first-order valence-corrected chi connectivity index (χ1v) is 8.51. The number of carbonyl (C=O) groups is 1. The third-order valence-corrected chi connectivity index (χ3v) is 5.08. The molecule has 1 aliphatic rings. The van der Waals surface area contributed by atoms with E-state index in [1.54, 1.807) is 0 Å². The molecule has 0 aromatic carbocycles. The highest BCUT2D eigenvalue weighted by molar-refractivity contribution is 7.91. The Bertz CT molecular complexity index is 368. The molecule has 1 N–H and O–H groups in total. The molecule has 6 heteroatoms. The summed E-state index contributed by atoms with van der Waals surface area (Å²) in [6, 6.07) is 0.0110. The van der Waals surface area contributed by atoms with Crippen molar-refractivity contribution >= 4 is 15.7 Å². The van der Waals surface area contributed by atoms with Crippen molar-refractivity contribution in [3.05, 3.63) is 0 Å². The number of sulfone groups is 1. The molecule has 0 radical (unpaired) electrons. The summed E-state index contributed by atoms with van der Waals surface area (Å²) >= 11 is 0. The molecule has 0 bridgehead atoms. The second-order valence-corrected chi connectivity index (χ2v) is 7.05. The zero-order valence-corrected chi connectivity index (χ0v) is 12.1. The maximum absolute atomic E-state index is 11.7. The fourth-order valence-corrected chi connectivity index (χ4v) is 3.97. The van der Waals surface area contributed by atoms with Crippen LogP contribution in [-0.2, 0) is 14.6 Å². The number of likely N-dealkylation sites (N-methyl/N-ethyl adjacent to an activating group) is 1. The van der Waals surface area contributed by atoms with Crippen LogP contribution in [0.15, 0.2) is 0 Å². The van der Waals surface area contributed by atoms with Crippen LogP contribution in [0.2, 0.25) is 0 Å². The van der Waals surface area contributed by atoms with Gasteiger partial charge in [0.2, 0.25) is 5.91 Å². The molecule has 1 amide bonds. The number of hydrogen-bond donors (Lipinski definition) is 1. The molecule has 1 atom stereocenters. The number of nitrogens with one attached hydrogen (secondary N) is 1. The third kappa shape index (κ3) is 4.94. The van der Waals surface area contributed by atoms with E-state index in [4.69, 9.17) is 0 Å². The van der Waals surface area contributed by atoms with Gasteiger partial charge < -0.3 is 5.32 Å². The number of nitrogens with zero attached hydrogens (tertiary/aromatic N) is 1.